The molecule has 4 rings (SSSR count). The summed E-state index contributed by atoms with van der Waals surface area (Å²) in [5.41, 5.74) is -2.66. The fourth-order valence-electron chi connectivity index (χ4n) is 6.01. The number of rotatable bonds is 8. The Labute approximate surface area is 241 Å². The third kappa shape index (κ3) is 7.94. The molecule has 2 saturated heterocycles. The van der Waals surface area contributed by atoms with Gasteiger partial charge in [-0.2, -0.15) is 26.3 Å². The van der Waals surface area contributed by atoms with Gasteiger partial charge in [-0.05, 0) is 68.6 Å². The molecular weight excluding hydrogens is 567 g/mol. The van der Waals surface area contributed by atoms with Crippen molar-refractivity contribution in [1.29, 1.82) is 0 Å². The predicted molar refractivity (Wildman–Crippen MR) is 143 cm³/mol. The summed E-state index contributed by atoms with van der Waals surface area (Å²) >= 11 is 0. The number of ether oxygens (including phenoxy) is 1. The van der Waals surface area contributed by atoms with Crippen LogP contribution in [-0.4, -0.2) is 73.5 Å². The number of hydrogen-bond acceptors (Lipinski definition) is 4. The minimum Gasteiger partial charge on any atom is -0.496 e. The molecule has 0 bridgehead atoms. The number of halogens is 7. The molecule has 0 aromatic heterocycles. The van der Waals surface area contributed by atoms with E-state index >= 15 is 0 Å². The number of hydrogen-bond donors (Lipinski definition) is 0. The molecule has 2 heterocycles. The molecule has 2 aromatic carbocycles. The molecule has 5 nitrogen and oxygen atoms in total. The molecular formula is C30H36F7N3O2. The molecule has 2 fully saturated rings. The number of piperidine rings is 2. The fourth-order valence-corrected chi connectivity index (χ4v) is 6.01. The Morgan fingerprint density at radius 2 is 1.52 bits per heavy atom. The van der Waals surface area contributed by atoms with Crippen LogP contribution in [0.1, 0.15) is 60.4 Å². The molecule has 1 amide bonds. The van der Waals surface area contributed by atoms with Crippen molar-refractivity contribution in [3.8, 4) is 5.75 Å². The van der Waals surface area contributed by atoms with E-state index < -0.39 is 47.7 Å². The van der Waals surface area contributed by atoms with Gasteiger partial charge in [0.1, 0.15) is 11.6 Å². The number of likely N-dealkylation sites (tertiary alicyclic amines) is 2. The molecule has 12 heteroatoms. The SMILES string of the molecule is COc1cc(F)ccc1C(CN(C)C(=O)Cc1cc(C(F)(F)F)cc(C(F)(F)F)c1)N1CCC(N2CCCCC2)CC1. The average Bonchev–Trinajstić information content (AvgIpc) is 2.95. The highest BCUT2D eigenvalue weighted by atomic mass is 19.4. The lowest BCUT2D eigenvalue weighted by Gasteiger charge is -2.43. The maximum Gasteiger partial charge on any atom is 0.416 e. The van der Waals surface area contributed by atoms with Crippen LogP contribution in [0.25, 0.3) is 0 Å². The van der Waals surface area contributed by atoms with E-state index in [9.17, 15) is 35.5 Å². The number of benzene rings is 2. The van der Waals surface area contributed by atoms with E-state index in [0.29, 0.717) is 42.6 Å². The number of methoxy groups -OCH3 is 1. The molecule has 42 heavy (non-hydrogen) atoms. The largest absolute Gasteiger partial charge is 0.496 e. The molecule has 1 atom stereocenters. The Morgan fingerprint density at radius 3 is 2.07 bits per heavy atom. The molecule has 0 aliphatic carbocycles. The highest BCUT2D eigenvalue weighted by molar-refractivity contribution is 5.78. The second-order valence-corrected chi connectivity index (χ2v) is 11.1. The summed E-state index contributed by atoms with van der Waals surface area (Å²) in [5.74, 6) is -0.837. The number of likely N-dealkylation sites (N-methyl/N-ethyl adjacent to an activating group) is 1. The Bertz CT molecular complexity index is 1190. The van der Waals surface area contributed by atoms with Crippen molar-refractivity contribution >= 4 is 5.91 Å². The van der Waals surface area contributed by atoms with Gasteiger partial charge in [-0.15, -0.1) is 0 Å². The third-order valence-corrected chi connectivity index (χ3v) is 8.28. The molecule has 0 N–H and O–H groups in total. The lowest BCUT2D eigenvalue weighted by molar-refractivity contribution is -0.143. The van der Waals surface area contributed by atoms with Gasteiger partial charge in [-0.1, -0.05) is 12.5 Å². The van der Waals surface area contributed by atoms with E-state index in [4.69, 9.17) is 4.74 Å². The van der Waals surface area contributed by atoms with Crippen LogP contribution >= 0.6 is 0 Å². The Morgan fingerprint density at radius 1 is 0.929 bits per heavy atom. The van der Waals surface area contributed by atoms with E-state index in [1.807, 2.05) is 0 Å². The highest BCUT2D eigenvalue weighted by Crippen LogP contribution is 2.37. The zero-order valence-corrected chi connectivity index (χ0v) is 23.7. The van der Waals surface area contributed by atoms with Crippen LogP contribution in [0.15, 0.2) is 36.4 Å². The van der Waals surface area contributed by atoms with Gasteiger partial charge in [-0.25, -0.2) is 4.39 Å². The van der Waals surface area contributed by atoms with Gasteiger partial charge < -0.3 is 14.5 Å². The standard InChI is InChI=1S/C30H36F7N3O2/c1-38(28(41)16-20-14-21(29(32,33)34)17-22(15-20)30(35,36)37)19-26(25-7-6-23(31)18-27(25)42-2)40-12-8-24(9-13-40)39-10-4-3-5-11-39/h6-7,14-15,17-18,24,26H,3-5,8-13,16,19H2,1-2H3. The van der Waals surface area contributed by atoms with Crippen molar-refractivity contribution in [3.05, 3.63) is 64.5 Å². The topological polar surface area (TPSA) is 36.0 Å². The van der Waals surface area contributed by atoms with Gasteiger partial charge in [-0.3, -0.25) is 9.69 Å². The zero-order valence-electron chi connectivity index (χ0n) is 23.7. The first kappa shape index (κ1) is 32.1. The maximum absolute atomic E-state index is 14.0. The number of carbonyl (C=O) groups is 1. The van der Waals surface area contributed by atoms with Gasteiger partial charge in [0, 0.05) is 44.4 Å². The fraction of sp³-hybridized carbons (Fsp3) is 0.567. The predicted octanol–water partition coefficient (Wildman–Crippen LogP) is 6.56. The van der Waals surface area contributed by atoms with Gasteiger partial charge >= 0.3 is 12.4 Å². The summed E-state index contributed by atoms with van der Waals surface area (Å²) in [5, 5.41) is 0. The molecule has 2 aliphatic heterocycles. The van der Waals surface area contributed by atoms with Crippen molar-refractivity contribution < 1.29 is 40.3 Å². The zero-order chi connectivity index (χ0) is 30.7. The Kier molecular flexibility index (Phi) is 10.1. The van der Waals surface area contributed by atoms with E-state index in [0.717, 1.165) is 25.9 Å². The second kappa shape index (κ2) is 13.2. The smallest absolute Gasteiger partial charge is 0.416 e. The van der Waals surface area contributed by atoms with E-state index in [2.05, 4.69) is 9.80 Å². The third-order valence-electron chi connectivity index (χ3n) is 8.28. The molecule has 0 spiro atoms. The molecule has 2 aromatic rings. The number of nitrogens with zero attached hydrogens (tertiary/aromatic N) is 3. The molecule has 1 unspecified atom stereocenters. The van der Waals surface area contributed by atoms with E-state index in [-0.39, 0.29) is 18.2 Å². The van der Waals surface area contributed by atoms with Gasteiger partial charge in [0.15, 0.2) is 0 Å². The van der Waals surface area contributed by atoms with Crippen LogP contribution in [-0.2, 0) is 23.6 Å². The average molecular weight is 604 g/mol. The molecule has 0 radical (unpaired) electrons. The maximum atomic E-state index is 14.0. The first-order chi connectivity index (χ1) is 19.8. The van der Waals surface area contributed by atoms with Gasteiger partial charge in [0.2, 0.25) is 5.91 Å². The van der Waals surface area contributed by atoms with Crippen LogP contribution in [0.2, 0.25) is 0 Å². The van der Waals surface area contributed by atoms with Crippen molar-refractivity contribution in [2.75, 3.05) is 46.9 Å². The van der Waals surface area contributed by atoms with Crippen LogP contribution in [0.4, 0.5) is 30.7 Å². The summed E-state index contributed by atoms with van der Waals surface area (Å²) in [6.45, 7) is 3.64. The number of alkyl halides is 6. The monoisotopic (exact) mass is 603 g/mol. The summed E-state index contributed by atoms with van der Waals surface area (Å²) in [6.07, 6.45) is -5.25. The normalized spacial score (nSPS) is 18.6. The molecule has 2 aliphatic rings. The molecule has 0 saturated carbocycles. The van der Waals surface area contributed by atoms with Crippen LogP contribution in [0.3, 0.4) is 0 Å². The van der Waals surface area contributed by atoms with Crippen molar-refractivity contribution in [2.45, 2.75) is 63.0 Å². The first-order valence-corrected chi connectivity index (χ1v) is 14.1. The van der Waals surface area contributed by atoms with Crippen LogP contribution in [0, 0.1) is 5.82 Å². The Balaban J connectivity index is 1.54. The second-order valence-electron chi connectivity index (χ2n) is 11.1. The quantitative estimate of drug-likeness (QED) is 0.320. The summed E-state index contributed by atoms with van der Waals surface area (Å²) < 4.78 is 99.5. The van der Waals surface area contributed by atoms with E-state index in [1.165, 1.54) is 50.5 Å². The lowest BCUT2D eigenvalue weighted by Crippen LogP contribution is -2.49. The molecule has 232 valence electrons. The first-order valence-electron chi connectivity index (χ1n) is 14.1. The summed E-state index contributed by atoms with van der Waals surface area (Å²) in [7, 11) is 2.88. The Hall–Kier alpha value is -2.86. The van der Waals surface area contributed by atoms with E-state index in [1.54, 1.807) is 6.07 Å². The summed E-state index contributed by atoms with van der Waals surface area (Å²) in [6, 6.07) is 5.36. The van der Waals surface area contributed by atoms with Crippen LogP contribution in [0.5, 0.6) is 5.75 Å². The van der Waals surface area contributed by atoms with Gasteiger partial charge in [0.25, 0.3) is 0 Å². The van der Waals surface area contributed by atoms with Gasteiger partial charge in [0.05, 0.1) is 30.7 Å². The van der Waals surface area contributed by atoms with Crippen molar-refractivity contribution in [1.82, 2.24) is 14.7 Å². The number of amides is 1. The lowest BCUT2D eigenvalue weighted by atomic mass is 9.95. The highest BCUT2D eigenvalue weighted by Gasteiger charge is 2.37. The minimum atomic E-state index is -5.00. The number of carbonyl (C=O) groups excluding carboxylic acids is 1. The summed E-state index contributed by atoms with van der Waals surface area (Å²) in [4.78, 5) is 19.2. The van der Waals surface area contributed by atoms with Crippen molar-refractivity contribution in [3.63, 3.8) is 0 Å². The van der Waals surface area contributed by atoms with Crippen molar-refractivity contribution in [2.24, 2.45) is 0 Å². The minimum absolute atomic E-state index is 0.0437. The van der Waals surface area contributed by atoms with Crippen LogP contribution < -0.4 is 4.74 Å².